The van der Waals surface area contributed by atoms with Crippen LogP contribution in [0.5, 0.6) is 0 Å². The van der Waals surface area contributed by atoms with Crippen LogP contribution in [0.15, 0.2) is 33.6 Å². The SMILES string of the molecule is CCOC(=O)/C(=C/C1CCC2(C1)OCC(C)(C)CO2)c1ccc(S(=O)C2CC2)c(Br)c1. The summed E-state index contributed by atoms with van der Waals surface area (Å²) in [5, 5.41) is 0.261. The number of carbonyl (C=O) groups is 1. The summed E-state index contributed by atoms with van der Waals surface area (Å²) in [5.41, 5.74) is 1.35. The Morgan fingerprint density at radius 2 is 1.97 bits per heavy atom. The monoisotopic (exact) mass is 510 g/mol. The molecule has 1 aromatic rings. The van der Waals surface area contributed by atoms with Gasteiger partial charge in [-0.2, -0.15) is 0 Å². The van der Waals surface area contributed by atoms with E-state index in [2.05, 4.69) is 29.8 Å². The van der Waals surface area contributed by atoms with Crippen molar-refractivity contribution in [3.8, 4) is 0 Å². The summed E-state index contributed by atoms with van der Waals surface area (Å²) in [5.74, 6) is -0.708. The first-order chi connectivity index (χ1) is 14.7. The highest BCUT2D eigenvalue weighted by atomic mass is 79.9. The van der Waals surface area contributed by atoms with Gasteiger partial charge < -0.3 is 14.2 Å². The largest absolute Gasteiger partial charge is 0.462 e. The molecule has 1 aliphatic heterocycles. The number of rotatable bonds is 6. The lowest BCUT2D eigenvalue weighted by atomic mass is 9.94. The van der Waals surface area contributed by atoms with E-state index >= 15 is 0 Å². The summed E-state index contributed by atoms with van der Waals surface area (Å²) < 4.78 is 31.0. The molecule has 2 aliphatic carbocycles. The fourth-order valence-corrected chi connectivity index (χ4v) is 6.40. The Morgan fingerprint density at radius 1 is 1.26 bits per heavy atom. The number of carbonyl (C=O) groups excluding carboxylic acids is 1. The van der Waals surface area contributed by atoms with Crippen LogP contribution in [-0.2, 0) is 29.8 Å². The Bertz CT molecular complexity index is 895. The predicted molar refractivity (Wildman–Crippen MR) is 124 cm³/mol. The number of esters is 1. The molecule has 2 saturated carbocycles. The summed E-state index contributed by atoms with van der Waals surface area (Å²) in [6, 6.07) is 5.63. The van der Waals surface area contributed by atoms with Gasteiger partial charge in [-0.3, -0.25) is 4.21 Å². The third kappa shape index (κ3) is 5.32. The highest BCUT2D eigenvalue weighted by molar-refractivity contribution is 9.10. The van der Waals surface area contributed by atoms with E-state index in [0.29, 0.717) is 25.4 Å². The molecule has 0 N–H and O–H groups in total. The molecule has 5 nitrogen and oxygen atoms in total. The van der Waals surface area contributed by atoms with Crippen molar-refractivity contribution in [3.05, 3.63) is 34.3 Å². The van der Waals surface area contributed by atoms with E-state index in [9.17, 15) is 9.00 Å². The quantitative estimate of drug-likeness (QED) is 0.387. The van der Waals surface area contributed by atoms with E-state index in [1.165, 1.54) is 0 Å². The van der Waals surface area contributed by atoms with Gasteiger partial charge in [0.05, 0.1) is 41.1 Å². The molecule has 1 saturated heterocycles. The normalized spacial score (nSPS) is 26.1. The van der Waals surface area contributed by atoms with Crippen LogP contribution in [0.3, 0.4) is 0 Å². The Hall–Kier alpha value is -1.02. The van der Waals surface area contributed by atoms with Crippen molar-refractivity contribution < 1.29 is 23.2 Å². The van der Waals surface area contributed by atoms with Gasteiger partial charge in [0, 0.05) is 28.0 Å². The van der Waals surface area contributed by atoms with Crippen LogP contribution >= 0.6 is 15.9 Å². The second kappa shape index (κ2) is 9.08. The molecule has 170 valence electrons. The predicted octanol–water partition coefficient (Wildman–Crippen LogP) is 5.24. The summed E-state index contributed by atoms with van der Waals surface area (Å²) in [6.07, 6.45) is 6.49. The number of hydrogen-bond donors (Lipinski definition) is 0. The summed E-state index contributed by atoms with van der Waals surface area (Å²) in [6.45, 7) is 7.77. The van der Waals surface area contributed by atoms with Gasteiger partial charge in [-0.15, -0.1) is 0 Å². The van der Waals surface area contributed by atoms with Crippen molar-refractivity contribution in [1.82, 2.24) is 0 Å². The fourth-order valence-electron chi connectivity index (χ4n) is 4.17. The molecule has 3 aliphatic rings. The molecule has 4 rings (SSSR count). The standard InChI is InChI=1S/C24H31BrO5S/c1-4-28-22(26)19(17-5-8-21(20(25)12-17)31(27)18-6-7-18)11-16-9-10-24(13-16)29-14-23(2,3)15-30-24/h5,8,11-12,16,18H,4,6-7,9-10,13-15H2,1-3H3/b19-11+. The van der Waals surface area contributed by atoms with E-state index in [0.717, 1.165) is 47.0 Å². The molecule has 31 heavy (non-hydrogen) atoms. The van der Waals surface area contributed by atoms with Gasteiger partial charge in [-0.05, 0) is 65.7 Å². The molecule has 0 bridgehead atoms. The van der Waals surface area contributed by atoms with Gasteiger partial charge in [-0.25, -0.2) is 4.79 Å². The molecule has 2 atom stereocenters. The van der Waals surface area contributed by atoms with Crippen LogP contribution in [0.4, 0.5) is 0 Å². The first kappa shape index (κ1) is 23.1. The number of halogens is 1. The van der Waals surface area contributed by atoms with Crippen LogP contribution in [-0.4, -0.2) is 41.0 Å². The van der Waals surface area contributed by atoms with Crippen molar-refractivity contribution in [1.29, 1.82) is 0 Å². The first-order valence-electron chi connectivity index (χ1n) is 11.1. The Labute approximate surface area is 195 Å². The van der Waals surface area contributed by atoms with Crippen molar-refractivity contribution in [2.75, 3.05) is 19.8 Å². The second-order valence-electron chi connectivity index (χ2n) is 9.60. The van der Waals surface area contributed by atoms with Crippen LogP contribution < -0.4 is 0 Å². The van der Waals surface area contributed by atoms with Crippen molar-refractivity contribution in [2.45, 2.75) is 68.8 Å². The smallest absolute Gasteiger partial charge is 0.338 e. The van der Waals surface area contributed by atoms with Gasteiger partial charge in [0.1, 0.15) is 0 Å². The molecule has 1 aromatic carbocycles. The van der Waals surface area contributed by atoms with Gasteiger partial charge in [0.2, 0.25) is 0 Å². The molecule has 0 radical (unpaired) electrons. The highest BCUT2D eigenvalue weighted by Crippen LogP contribution is 2.44. The topological polar surface area (TPSA) is 61.8 Å². The van der Waals surface area contributed by atoms with Crippen LogP contribution in [0.2, 0.25) is 0 Å². The Balaban J connectivity index is 1.56. The van der Waals surface area contributed by atoms with Gasteiger partial charge in [0.25, 0.3) is 0 Å². The first-order valence-corrected chi connectivity index (χ1v) is 13.1. The van der Waals surface area contributed by atoms with Crippen molar-refractivity contribution in [3.63, 3.8) is 0 Å². The van der Waals surface area contributed by atoms with Crippen LogP contribution in [0.1, 0.15) is 58.4 Å². The zero-order valence-electron chi connectivity index (χ0n) is 18.4. The molecule has 0 amide bonds. The molecule has 1 heterocycles. The number of benzene rings is 1. The Morgan fingerprint density at radius 3 is 2.58 bits per heavy atom. The molecular formula is C24H31BrO5S. The minimum absolute atomic E-state index is 0.0316. The van der Waals surface area contributed by atoms with Crippen molar-refractivity contribution >= 4 is 38.3 Å². The van der Waals surface area contributed by atoms with Gasteiger partial charge in [0.15, 0.2) is 5.79 Å². The maximum atomic E-state index is 12.8. The second-order valence-corrected chi connectivity index (χ2v) is 12.2. The zero-order valence-corrected chi connectivity index (χ0v) is 20.9. The Kier molecular flexibility index (Phi) is 6.78. The fraction of sp³-hybridized carbons (Fsp3) is 0.625. The van der Waals surface area contributed by atoms with E-state index in [-0.39, 0.29) is 22.6 Å². The van der Waals surface area contributed by atoms with E-state index in [1.807, 2.05) is 31.2 Å². The third-order valence-corrected chi connectivity index (χ3v) is 8.89. The molecule has 7 heteroatoms. The van der Waals surface area contributed by atoms with Gasteiger partial charge >= 0.3 is 5.97 Å². The lowest BCUT2D eigenvalue weighted by Crippen LogP contribution is -2.46. The average molecular weight is 511 g/mol. The molecule has 0 aromatic heterocycles. The zero-order chi connectivity index (χ0) is 22.2. The lowest BCUT2D eigenvalue weighted by molar-refractivity contribution is -0.295. The number of hydrogen-bond acceptors (Lipinski definition) is 5. The van der Waals surface area contributed by atoms with Gasteiger partial charge in [-0.1, -0.05) is 26.0 Å². The van der Waals surface area contributed by atoms with E-state index in [1.54, 1.807) is 0 Å². The van der Waals surface area contributed by atoms with E-state index in [4.69, 9.17) is 14.2 Å². The third-order valence-electron chi connectivity index (χ3n) is 6.11. The summed E-state index contributed by atoms with van der Waals surface area (Å²) in [4.78, 5) is 13.6. The minimum Gasteiger partial charge on any atom is -0.462 e. The molecule has 1 spiro atoms. The maximum Gasteiger partial charge on any atom is 0.338 e. The molecular weight excluding hydrogens is 480 g/mol. The maximum absolute atomic E-state index is 12.8. The molecule has 3 fully saturated rings. The number of allylic oxidation sites excluding steroid dienone is 1. The van der Waals surface area contributed by atoms with Crippen LogP contribution in [0, 0.1) is 11.3 Å². The summed E-state index contributed by atoms with van der Waals surface area (Å²) >= 11 is 3.57. The summed E-state index contributed by atoms with van der Waals surface area (Å²) in [7, 11) is -1.00. The highest BCUT2D eigenvalue weighted by Gasteiger charge is 2.46. The molecule has 2 unspecified atom stereocenters. The minimum atomic E-state index is -1.00. The van der Waals surface area contributed by atoms with Crippen LogP contribution in [0.25, 0.3) is 5.57 Å². The average Bonchev–Trinajstić information content (AvgIpc) is 3.50. The van der Waals surface area contributed by atoms with E-state index < -0.39 is 16.6 Å². The lowest BCUT2D eigenvalue weighted by Gasteiger charge is -2.41. The number of ether oxygens (including phenoxy) is 3. The van der Waals surface area contributed by atoms with Crippen molar-refractivity contribution in [2.24, 2.45) is 11.3 Å².